The molecule has 2 N–H and O–H groups in total. The summed E-state index contributed by atoms with van der Waals surface area (Å²) in [6.07, 6.45) is 3.32. The van der Waals surface area contributed by atoms with E-state index in [1.165, 1.54) is 44.9 Å². The minimum absolute atomic E-state index is 0.0762. The monoisotopic (exact) mass is 795 g/mol. The molecule has 2 saturated heterocycles. The Morgan fingerprint density at radius 3 is 2.36 bits per heavy atom. The third-order valence-electron chi connectivity index (χ3n) is 8.50. The third-order valence-corrected chi connectivity index (χ3v) is 13.1. The first-order valence-electron chi connectivity index (χ1n) is 16.5. The zero-order valence-corrected chi connectivity index (χ0v) is 32.5. The van der Waals surface area contributed by atoms with Gasteiger partial charge in [-0.15, -0.1) is 40.4 Å². The lowest BCUT2D eigenvalue weighted by Gasteiger charge is -2.56. The van der Waals surface area contributed by atoms with Crippen molar-refractivity contribution in [1.82, 2.24) is 34.9 Å². The number of aromatic nitrogens is 2. The Kier molecular flexibility index (Phi) is 11.5. The lowest BCUT2D eigenvalue weighted by Crippen LogP contribution is -2.78. The van der Waals surface area contributed by atoms with Crippen LogP contribution in [0, 0.1) is 0 Å². The van der Waals surface area contributed by atoms with Crippen LogP contribution in [0.3, 0.4) is 0 Å². The number of esters is 1. The van der Waals surface area contributed by atoms with E-state index in [1.807, 2.05) is 30.3 Å². The van der Waals surface area contributed by atoms with Gasteiger partial charge in [0, 0.05) is 31.1 Å². The molecule has 2 fully saturated rings. The van der Waals surface area contributed by atoms with Crippen molar-refractivity contribution >= 4 is 82.4 Å². The minimum atomic E-state index is -1.50. The largest absolute Gasteiger partial charge is 0.455 e. The van der Waals surface area contributed by atoms with Crippen LogP contribution in [-0.2, 0) is 35.3 Å². The van der Waals surface area contributed by atoms with Gasteiger partial charge in [-0.3, -0.25) is 29.0 Å². The van der Waals surface area contributed by atoms with Crippen molar-refractivity contribution < 1.29 is 33.5 Å². The fourth-order valence-corrected chi connectivity index (χ4v) is 10.2. The highest BCUT2D eigenvalue weighted by atomic mass is 32.2. The molecule has 6 amide bonds. The van der Waals surface area contributed by atoms with Crippen molar-refractivity contribution in [2.45, 2.75) is 53.4 Å². The number of ether oxygens (including phenoxy) is 1. The first-order chi connectivity index (χ1) is 25.3. The Hall–Kier alpha value is -4.39. The van der Waals surface area contributed by atoms with Crippen LogP contribution in [-0.4, -0.2) is 107 Å². The van der Waals surface area contributed by atoms with E-state index in [9.17, 15) is 28.8 Å². The fourth-order valence-electron chi connectivity index (χ4n) is 5.97. The summed E-state index contributed by atoms with van der Waals surface area (Å²) in [5, 5.41) is 8.71. The molecule has 0 aliphatic carbocycles. The summed E-state index contributed by atoms with van der Waals surface area (Å²) in [5.74, 6) is -2.95. The maximum Gasteiger partial charge on any atom is 0.355 e. The molecule has 3 aromatic rings. The number of β-lactam (4-membered cyclic amide) rings is 1. The molecule has 3 atom stereocenters. The molecule has 0 saturated carbocycles. The Morgan fingerprint density at radius 1 is 1.02 bits per heavy atom. The molecule has 0 bridgehead atoms. The molecule has 3 aliphatic rings. The van der Waals surface area contributed by atoms with Crippen LogP contribution in [0.15, 0.2) is 82.3 Å². The van der Waals surface area contributed by atoms with Crippen molar-refractivity contribution in [3.05, 3.63) is 89.3 Å². The summed E-state index contributed by atoms with van der Waals surface area (Å²) < 4.78 is 10.5. The Balaban J connectivity index is 1.21. The van der Waals surface area contributed by atoms with E-state index in [2.05, 4.69) is 20.2 Å². The van der Waals surface area contributed by atoms with Crippen molar-refractivity contribution in [3.63, 3.8) is 0 Å². The quantitative estimate of drug-likeness (QED) is 0.0952. The van der Waals surface area contributed by atoms with Gasteiger partial charge in [0.1, 0.15) is 26.9 Å². The Labute approximate surface area is 323 Å². The summed E-state index contributed by atoms with van der Waals surface area (Å²) in [6.45, 7) is 5.49. The Morgan fingerprint density at radius 2 is 1.72 bits per heavy atom. The normalized spacial score (nSPS) is 20.8. The second kappa shape index (κ2) is 15.9. The maximum absolute atomic E-state index is 14.2. The zero-order chi connectivity index (χ0) is 37.9. The van der Waals surface area contributed by atoms with Gasteiger partial charge in [-0.1, -0.05) is 65.2 Å². The predicted octanol–water partition coefficient (Wildman–Crippen LogP) is 3.64. The van der Waals surface area contributed by atoms with Gasteiger partial charge >= 0.3 is 23.8 Å². The Bertz CT molecular complexity index is 1920. The van der Waals surface area contributed by atoms with Gasteiger partial charge < -0.3 is 20.3 Å². The van der Waals surface area contributed by atoms with Gasteiger partial charge in [0.05, 0.1) is 6.20 Å². The van der Waals surface area contributed by atoms with Gasteiger partial charge in [-0.2, -0.15) is 0 Å². The van der Waals surface area contributed by atoms with Crippen LogP contribution in [0.5, 0.6) is 0 Å². The van der Waals surface area contributed by atoms with E-state index >= 15 is 0 Å². The molecule has 18 heteroatoms. The summed E-state index contributed by atoms with van der Waals surface area (Å²) in [4.78, 5) is 84.0. The lowest BCUT2D eigenvalue weighted by molar-refractivity contribution is -0.160. The number of carbonyl (C=O) groups excluding carboxylic acids is 6. The molecule has 3 aliphatic heterocycles. The molecular weight excluding hydrogens is 759 g/mol. The summed E-state index contributed by atoms with van der Waals surface area (Å²) in [6, 6.07) is 15.3. The molecule has 0 radical (unpaired) electrons. The van der Waals surface area contributed by atoms with Gasteiger partial charge in [0.2, 0.25) is 5.91 Å². The number of imide groups is 1. The molecule has 1 unspecified atom stereocenters. The van der Waals surface area contributed by atoms with E-state index in [1.54, 1.807) is 63.6 Å². The SMILES string of the molecule is CS[C@@]1(NC(=O)C(NC(=O)N2CCN(Cc3ccccc3)C(=O)C2=O)c2ccccc2)C(=O)N2C(C(=O)OC(C)(C)C)=C(CSc3cnns3)CS[C@@H]21. The average Bonchev–Trinajstić information content (AvgIpc) is 3.67. The van der Waals surface area contributed by atoms with Crippen LogP contribution < -0.4 is 10.6 Å². The number of nitrogens with zero attached hydrogens (tertiary/aromatic N) is 5. The highest BCUT2D eigenvalue weighted by Crippen LogP contribution is 2.51. The van der Waals surface area contributed by atoms with E-state index in [4.69, 9.17) is 4.74 Å². The molecule has 2 aromatic carbocycles. The number of fused-ring (bicyclic) bond motifs is 1. The van der Waals surface area contributed by atoms with E-state index in [-0.39, 0.29) is 25.3 Å². The van der Waals surface area contributed by atoms with Crippen molar-refractivity contribution in [2.75, 3.05) is 30.9 Å². The van der Waals surface area contributed by atoms with Crippen LogP contribution in [0.25, 0.3) is 0 Å². The van der Waals surface area contributed by atoms with Crippen molar-refractivity contribution in [2.24, 2.45) is 0 Å². The number of hydrogen-bond acceptors (Lipinski definition) is 13. The topological polar surface area (TPSA) is 171 Å². The van der Waals surface area contributed by atoms with Gasteiger partial charge in [-0.25, -0.2) is 9.59 Å². The zero-order valence-electron chi connectivity index (χ0n) is 29.3. The standard InChI is InChI=1S/C35H37N7O7S4/c1-34(2,3)49-30(46)26-23(19-51-24-17-36-39-53-24)20-52-32-35(50-4,31(47)42(26)32)38-27(43)25(22-13-9-6-10-14-22)37-33(48)41-16-15-40(28(44)29(41)45)18-21-11-7-5-8-12-21/h5-14,17,25,32H,15-16,18-20H2,1-4H3,(H,37,48)(H,38,43)/t25?,32-,35+/m1/s1. The summed E-state index contributed by atoms with van der Waals surface area (Å²) in [5.41, 5.74) is 1.24. The van der Waals surface area contributed by atoms with Gasteiger partial charge in [0.25, 0.3) is 5.91 Å². The minimum Gasteiger partial charge on any atom is -0.455 e. The highest BCUT2D eigenvalue weighted by molar-refractivity contribution is 8.05. The predicted molar refractivity (Wildman–Crippen MR) is 202 cm³/mol. The molecule has 53 heavy (non-hydrogen) atoms. The van der Waals surface area contributed by atoms with Crippen molar-refractivity contribution in [3.8, 4) is 0 Å². The third kappa shape index (κ3) is 8.10. The first kappa shape index (κ1) is 38.3. The number of nitrogens with one attached hydrogen (secondary N) is 2. The number of carbonyl (C=O) groups is 6. The van der Waals surface area contributed by atoms with E-state index < -0.39 is 57.5 Å². The van der Waals surface area contributed by atoms with E-state index in [0.29, 0.717) is 22.6 Å². The second-order valence-corrected chi connectivity index (χ2v) is 17.4. The molecule has 278 valence electrons. The first-order valence-corrected chi connectivity index (χ1v) is 20.5. The van der Waals surface area contributed by atoms with Gasteiger partial charge in [0.15, 0.2) is 4.87 Å². The van der Waals surface area contributed by atoms with Crippen LogP contribution in [0.4, 0.5) is 4.79 Å². The fraction of sp³-hybridized carbons (Fsp3) is 0.371. The maximum atomic E-state index is 14.2. The molecule has 1 aromatic heterocycles. The van der Waals surface area contributed by atoms with Gasteiger partial charge in [-0.05, 0) is 55.3 Å². The number of thioether (sulfide) groups is 3. The number of piperazine rings is 1. The molecule has 14 nitrogen and oxygen atoms in total. The highest BCUT2D eigenvalue weighted by Gasteiger charge is 2.66. The average molecular weight is 796 g/mol. The number of urea groups is 1. The van der Waals surface area contributed by atoms with Crippen LogP contribution in [0.1, 0.15) is 37.9 Å². The molecule has 4 heterocycles. The lowest BCUT2D eigenvalue weighted by atomic mass is 10.00. The molecule has 0 spiro atoms. The van der Waals surface area contributed by atoms with Crippen molar-refractivity contribution in [1.29, 1.82) is 0 Å². The number of amides is 6. The number of benzene rings is 2. The molecule has 6 rings (SSSR count). The van der Waals surface area contributed by atoms with Crippen LogP contribution in [0.2, 0.25) is 0 Å². The summed E-state index contributed by atoms with van der Waals surface area (Å²) >= 11 is 5.19. The number of rotatable bonds is 11. The van der Waals surface area contributed by atoms with Crippen LogP contribution >= 0.6 is 46.8 Å². The number of hydrogen-bond donors (Lipinski definition) is 2. The second-order valence-electron chi connectivity index (χ2n) is 13.2. The molecular formula is C35H37N7O7S4. The summed E-state index contributed by atoms with van der Waals surface area (Å²) in [7, 11) is 0. The smallest absolute Gasteiger partial charge is 0.355 e. The van der Waals surface area contributed by atoms with E-state index in [0.717, 1.165) is 26.4 Å².